The Bertz CT molecular complexity index is 591. The Morgan fingerprint density at radius 3 is 2.57 bits per heavy atom. The Morgan fingerprint density at radius 1 is 1.14 bits per heavy atom. The molecule has 1 aliphatic rings. The molecule has 2 aromatic heterocycles. The maximum atomic E-state index is 4.50. The van der Waals surface area contributed by atoms with Gasteiger partial charge in [-0.05, 0) is 38.8 Å². The molecule has 0 radical (unpaired) electrons. The first-order valence-electron chi connectivity index (χ1n) is 7.44. The van der Waals surface area contributed by atoms with Gasteiger partial charge in [0.25, 0.3) is 0 Å². The van der Waals surface area contributed by atoms with E-state index in [-0.39, 0.29) is 0 Å². The summed E-state index contributed by atoms with van der Waals surface area (Å²) in [7, 11) is 0. The van der Waals surface area contributed by atoms with Gasteiger partial charge in [0.15, 0.2) is 0 Å². The van der Waals surface area contributed by atoms with Crippen LogP contribution in [0.5, 0.6) is 0 Å². The van der Waals surface area contributed by atoms with Gasteiger partial charge >= 0.3 is 0 Å². The van der Waals surface area contributed by atoms with Crippen molar-refractivity contribution in [3.8, 4) is 0 Å². The van der Waals surface area contributed by atoms with E-state index in [0.29, 0.717) is 6.04 Å². The zero-order valence-corrected chi connectivity index (χ0v) is 12.6. The van der Waals surface area contributed by atoms with Crippen LogP contribution in [0.15, 0.2) is 30.7 Å². The fraction of sp³-hybridized carbons (Fsp3) is 0.438. The zero-order valence-electron chi connectivity index (χ0n) is 12.6. The molecule has 3 rings (SSSR count). The average Bonchev–Trinajstić information content (AvgIpc) is 2.53. The number of hydrogen-bond acceptors (Lipinski definition) is 5. The highest BCUT2D eigenvalue weighted by molar-refractivity contribution is 5.46. The number of aromatic nitrogens is 3. The fourth-order valence-corrected chi connectivity index (χ4v) is 2.71. The molecule has 0 aromatic carbocycles. The summed E-state index contributed by atoms with van der Waals surface area (Å²) in [5.74, 6) is 1.79. The Kier molecular flexibility index (Phi) is 3.99. The van der Waals surface area contributed by atoms with Crippen LogP contribution in [0.1, 0.15) is 24.2 Å². The first-order chi connectivity index (χ1) is 10.2. The molecule has 110 valence electrons. The Hall–Kier alpha value is -2.17. The number of nitrogens with one attached hydrogen (secondary N) is 1. The Balaban J connectivity index is 1.60. The highest BCUT2D eigenvalue weighted by Crippen LogP contribution is 2.21. The molecule has 21 heavy (non-hydrogen) atoms. The first kappa shape index (κ1) is 13.8. The molecule has 3 heterocycles. The Labute approximate surface area is 125 Å². The molecular weight excluding hydrogens is 262 g/mol. The molecule has 0 unspecified atom stereocenters. The number of pyridine rings is 1. The molecule has 1 fully saturated rings. The van der Waals surface area contributed by atoms with Gasteiger partial charge < -0.3 is 10.2 Å². The van der Waals surface area contributed by atoms with Gasteiger partial charge in [-0.25, -0.2) is 9.97 Å². The number of rotatable bonds is 3. The highest BCUT2D eigenvalue weighted by atomic mass is 15.2. The minimum atomic E-state index is 0.482. The van der Waals surface area contributed by atoms with E-state index < -0.39 is 0 Å². The monoisotopic (exact) mass is 283 g/mol. The number of hydrogen-bond donors (Lipinski definition) is 1. The second-order valence-corrected chi connectivity index (χ2v) is 5.56. The lowest BCUT2D eigenvalue weighted by Crippen LogP contribution is -2.39. The topological polar surface area (TPSA) is 53.9 Å². The maximum Gasteiger partial charge on any atom is 0.132 e. The van der Waals surface area contributed by atoms with Crippen LogP contribution in [0.3, 0.4) is 0 Å². The zero-order chi connectivity index (χ0) is 14.7. The van der Waals surface area contributed by atoms with Gasteiger partial charge in [-0.1, -0.05) is 0 Å². The van der Waals surface area contributed by atoms with Crippen molar-refractivity contribution in [1.29, 1.82) is 0 Å². The van der Waals surface area contributed by atoms with Crippen molar-refractivity contribution < 1.29 is 0 Å². The van der Waals surface area contributed by atoms with Crippen molar-refractivity contribution in [2.75, 3.05) is 23.3 Å². The summed E-state index contributed by atoms with van der Waals surface area (Å²) in [6.07, 6.45) is 7.83. The lowest BCUT2D eigenvalue weighted by atomic mass is 10.0. The van der Waals surface area contributed by atoms with Crippen LogP contribution in [0.25, 0.3) is 0 Å². The van der Waals surface area contributed by atoms with E-state index in [1.54, 1.807) is 0 Å². The summed E-state index contributed by atoms with van der Waals surface area (Å²) in [6, 6.07) is 4.63. The third kappa shape index (κ3) is 3.29. The standard InChI is InChI=1S/C16H21N5/c1-12-11-18-13(2)19-16(12)20-14-5-9-21(10-6-14)15-3-7-17-8-4-15/h3-4,7-8,11,14H,5-6,9-10H2,1-2H3,(H,18,19,20). The lowest BCUT2D eigenvalue weighted by molar-refractivity contribution is 0.525. The van der Waals surface area contributed by atoms with E-state index in [2.05, 4.69) is 37.3 Å². The molecule has 2 aromatic rings. The van der Waals surface area contributed by atoms with Gasteiger partial charge in [0.05, 0.1) is 0 Å². The van der Waals surface area contributed by atoms with E-state index in [9.17, 15) is 0 Å². The van der Waals surface area contributed by atoms with Gasteiger partial charge in [-0.3, -0.25) is 4.98 Å². The van der Waals surface area contributed by atoms with Crippen LogP contribution in [0.2, 0.25) is 0 Å². The van der Waals surface area contributed by atoms with Crippen molar-refractivity contribution in [2.45, 2.75) is 32.7 Å². The molecule has 0 amide bonds. The van der Waals surface area contributed by atoms with E-state index in [4.69, 9.17) is 0 Å². The molecular formula is C16H21N5. The number of aryl methyl sites for hydroxylation is 2. The SMILES string of the molecule is Cc1ncc(C)c(NC2CCN(c3ccncc3)CC2)n1. The van der Waals surface area contributed by atoms with E-state index in [1.807, 2.05) is 32.4 Å². The smallest absolute Gasteiger partial charge is 0.132 e. The predicted molar refractivity (Wildman–Crippen MR) is 84.6 cm³/mol. The van der Waals surface area contributed by atoms with Crippen LogP contribution in [0, 0.1) is 13.8 Å². The molecule has 1 aliphatic heterocycles. The van der Waals surface area contributed by atoms with Gasteiger partial charge in [0.1, 0.15) is 11.6 Å². The first-order valence-corrected chi connectivity index (χ1v) is 7.44. The van der Waals surface area contributed by atoms with Crippen molar-refractivity contribution in [1.82, 2.24) is 15.0 Å². The molecule has 1 saturated heterocycles. The van der Waals surface area contributed by atoms with Crippen LogP contribution >= 0.6 is 0 Å². The van der Waals surface area contributed by atoms with Crippen LogP contribution in [0.4, 0.5) is 11.5 Å². The second-order valence-electron chi connectivity index (χ2n) is 5.56. The van der Waals surface area contributed by atoms with Gasteiger partial charge in [-0.15, -0.1) is 0 Å². The van der Waals surface area contributed by atoms with Crippen molar-refractivity contribution in [3.05, 3.63) is 42.1 Å². The second kappa shape index (κ2) is 6.08. The minimum Gasteiger partial charge on any atom is -0.371 e. The number of nitrogens with zero attached hydrogens (tertiary/aromatic N) is 4. The third-order valence-electron chi connectivity index (χ3n) is 3.96. The molecule has 0 bridgehead atoms. The minimum absolute atomic E-state index is 0.482. The lowest BCUT2D eigenvalue weighted by Gasteiger charge is -2.34. The highest BCUT2D eigenvalue weighted by Gasteiger charge is 2.20. The van der Waals surface area contributed by atoms with Gasteiger partial charge in [0, 0.05) is 49.0 Å². The maximum absolute atomic E-state index is 4.50. The Morgan fingerprint density at radius 2 is 1.86 bits per heavy atom. The quantitative estimate of drug-likeness (QED) is 0.938. The van der Waals surface area contributed by atoms with Crippen molar-refractivity contribution >= 4 is 11.5 Å². The van der Waals surface area contributed by atoms with Crippen LogP contribution < -0.4 is 10.2 Å². The third-order valence-corrected chi connectivity index (χ3v) is 3.96. The molecule has 1 N–H and O–H groups in total. The molecule has 5 nitrogen and oxygen atoms in total. The van der Waals surface area contributed by atoms with Crippen LogP contribution in [-0.2, 0) is 0 Å². The predicted octanol–water partition coefficient (Wildman–Crippen LogP) is 2.57. The normalized spacial score (nSPS) is 16.0. The molecule has 0 spiro atoms. The molecule has 0 atom stereocenters. The van der Waals surface area contributed by atoms with Crippen LogP contribution in [-0.4, -0.2) is 34.1 Å². The molecule has 5 heteroatoms. The molecule has 0 aliphatic carbocycles. The summed E-state index contributed by atoms with van der Waals surface area (Å²) in [5.41, 5.74) is 2.37. The summed E-state index contributed by atoms with van der Waals surface area (Å²) in [5, 5.41) is 3.57. The van der Waals surface area contributed by atoms with Crippen molar-refractivity contribution in [2.24, 2.45) is 0 Å². The summed E-state index contributed by atoms with van der Waals surface area (Å²) >= 11 is 0. The summed E-state index contributed by atoms with van der Waals surface area (Å²) in [6.45, 7) is 6.10. The average molecular weight is 283 g/mol. The summed E-state index contributed by atoms with van der Waals surface area (Å²) < 4.78 is 0. The summed E-state index contributed by atoms with van der Waals surface area (Å²) in [4.78, 5) is 15.2. The van der Waals surface area contributed by atoms with E-state index >= 15 is 0 Å². The van der Waals surface area contributed by atoms with E-state index in [1.165, 1.54) is 5.69 Å². The number of piperidine rings is 1. The van der Waals surface area contributed by atoms with E-state index in [0.717, 1.165) is 43.1 Å². The number of anilines is 2. The van der Waals surface area contributed by atoms with Crippen molar-refractivity contribution in [3.63, 3.8) is 0 Å². The van der Waals surface area contributed by atoms with Gasteiger partial charge in [-0.2, -0.15) is 0 Å². The van der Waals surface area contributed by atoms with Gasteiger partial charge in [0.2, 0.25) is 0 Å². The fourth-order valence-electron chi connectivity index (χ4n) is 2.71. The molecule has 0 saturated carbocycles. The largest absolute Gasteiger partial charge is 0.371 e.